The topological polar surface area (TPSA) is 50.4 Å². The summed E-state index contributed by atoms with van der Waals surface area (Å²) in [5, 5.41) is 7.14. The third kappa shape index (κ3) is 3.15. The van der Waals surface area contributed by atoms with Gasteiger partial charge < -0.3 is 15.4 Å². The summed E-state index contributed by atoms with van der Waals surface area (Å²) in [6.45, 7) is 2.02. The molecule has 4 nitrogen and oxygen atoms in total. The summed E-state index contributed by atoms with van der Waals surface area (Å²) in [4.78, 5) is 11.5. The Kier molecular flexibility index (Phi) is 4.44. The van der Waals surface area contributed by atoms with Gasteiger partial charge in [-0.3, -0.25) is 0 Å². The maximum absolute atomic E-state index is 11.5. The van der Waals surface area contributed by atoms with Crippen LogP contribution in [0.2, 0.25) is 5.02 Å². The smallest absolute Gasteiger partial charge is 0.339 e. The van der Waals surface area contributed by atoms with Crippen LogP contribution in [0.1, 0.15) is 23.2 Å². The van der Waals surface area contributed by atoms with Gasteiger partial charge in [-0.05, 0) is 37.6 Å². The van der Waals surface area contributed by atoms with Crippen LogP contribution in [0.3, 0.4) is 0 Å². The van der Waals surface area contributed by atoms with Crippen molar-refractivity contribution in [2.75, 3.05) is 25.5 Å². The summed E-state index contributed by atoms with van der Waals surface area (Å²) >= 11 is 5.97. The van der Waals surface area contributed by atoms with Gasteiger partial charge in [0, 0.05) is 18.3 Å². The quantitative estimate of drug-likeness (QED) is 0.826. The fourth-order valence-corrected chi connectivity index (χ4v) is 2.29. The molecule has 1 aromatic carbocycles. The van der Waals surface area contributed by atoms with E-state index in [4.69, 9.17) is 16.3 Å². The second kappa shape index (κ2) is 6.07. The Hall–Kier alpha value is -1.26. The molecule has 0 spiro atoms. The predicted molar refractivity (Wildman–Crippen MR) is 72.3 cm³/mol. The molecule has 1 atom stereocenters. The first-order chi connectivity index (χ1) is 8.70. The standard InChI is InChI=1S/C13H17ClN2O2/c1-18-13(17)11-7-9(4-5-12(11)14)16-10-3-2-6-15-8-10/h4-5,7,10,15-16H,2-3,6,8H2,1H3. The summed E-state index contributed by atoms with van der Waals surface area (Å²) in [5.74, 6) is -0.412. The minimum absolute atomic E-state index is 0.394. The highest BCUT2D eigenvalue weighted by atomic mass is 35.5. The summed E-state index contributed by atoms with van der Waals surface area (Å²) < 4.78 is 4.70. The molecule has 0 saturated carbocycles. The van der Waals surface area contributed by atoms with E-state index in [1.807, 2.05) is 6.07 Å². The van der Waals surface area contributed by atoms with Gasteiger partial charge in [-0.25, -0.2) is 4.79 Å². The number of halogens is 1. The van der Waals surface area contributed by atoms with Crippen molar-refractivity contribution in [3.05, 3.63) is 28.8 Å². The number of rotatable bonds is 3. The fraction of sp³-hybridized carbons (Fsp3) is 0.462. The average molecular weight is 269 g/mol. The Morgan fingerprint density at radius 2 is 2.39 bits per heavy atom. The van der Waals surface area contributed by atoms with E-state index in [-0.39, 0.29) is 0 Å². The molecule has 0 radical (unpaired) electrons. The maximum atomic E-state index is 11.5. The number of hydrogen-bond acceptors (Lipinski definition) is 4. The number of carbonyl (C=O) groups is 1. The lowest BCUT2D eigenvalue weighted by Crippen LogP contribution is -2.38. The van der Waals surface area contributed by atoms with Crippen LogP contribution in [0, 0.1) is 0 Å². The molecule has 18 heavy (non-hydrogen) atoms. The zero-order valence-electron chi connectivity index (χ0n) is 10.3. The molecule has 98 valence electrons. The highest BCUT2D eigenvalue weighted by Crippen LogP contribution is 2.22. The Morgan fingerprint density at radius 1 is 1.56 bits per heavy atom. The van der Waals surface area contributed by atoms with E-state index in [2.05, 4.69) is 10.6 Å². The second-order valence-corrected chi connectivity index (χ2v) is 4.78. The summed E-state index contributed by atoms with van der Waals surface area (Å²) in [6.07, 6.45) is 2.29. The number of nitrogens with one attached hydrogen (secondary N) is 2. The normalized spacial score (nSPS) is 19.3. The Balaban J connectivity index is 2.11. The average Bonchev–Trinajstić information content (AvgIpc) is 2.41. The Morgan fingerprint density at radius 3 is 3.06 bits per heavy atom. The van der Waals surface area contributed by atoms with Gasteiger partial charge in [-0.15, -0.1) is 0 Å². The largest absolute Gasteiger partial charge is 0.465 e. The molecular formula is C13H17ClN2O2. The molecule has 0 aliphatic carbocycles. The van der Waals surface area contributed by atoms with Crippen molar-refractivity contribution in [1.82, 2.24) is 5.32 Å². The van der Waals surface area contributed by atoms with E-state index in [1.165, 1.54) is 7.11 Å². The highest BCUT2D eigenvalue weighted by molar-refractivity contribution is 6.33. The van der Waals surface area contributed by atoms with Gasteiger partial charge in [0.25, 0.3) is 0 Å². The Bertz CT molecular complexity index is 431. The van der Waals surface area contributed by atoms with Crippen LogP contribution in [0.5, 0.6) is 0 Å². The van der Waals surface area contributed by atoms with Crippen molar-refractivity contribution in [1.29, 1.82) is 0 Å². The molecule has 2 N–H and O–H groups in total. The number of esters is 1. The van der Waals surface area contributed by atoms with Crippen molar-refractivity contribution < 1.29 is 9.53 Å². The van der Waals surface area contributed by atoms with Crippen LogP contribution in [0.25, 0.3) is 0 Å². The first-order valence-corrected chi connectivity index (χ1v) is 6.43. The third-order valence-electron chi connectivity index (χ3n) is 3.04. The molecule has 5 heteroatoms. The number of anilines is 1. The van der Waals surface area contributed by atoms with Crippen molar-refractivity contribution in [3.63, 3.8) is 0 Å². The number of piperidine rings is 1. The summed E-state index contributed by atoms with van der Waals surface area (Å²) in [7, 11) is 1.35. The van der Waals surface area contributed by atoms with Crippen molar-refractivity contribution in [2.45, 2.75) is 18.9 Å². The van der Waals surface area contributed by atoms with Gasteiger partial charge in [0.1, 0.15) is 0 Å². The molecule has 0 bridgehead atoms. The van der Waals surface area contributed by atoms with Gasteiger partial charge in [-0.1, -0.05) is 11.6 Å². The van der Waals surface area contributed by atoms with E-state index in [9.17, 15) is 4.79 Å². The lowest BCUT2D eigenvalue weighted by molar-refractivity contribution is 0.0601. The van der Waals surface area contributed by atoms with E-state index in [0.717, 1.165) is 31.6 Å². The minimum Gasteiger partial charge on any atom is -0.465 e. The molecule has 1 saturated heterocycles. The number of benzene rings is 1. The van der Waals surface area contributed by atoms with Gasteiger partial charge >= 0.3 is 5.97 Å². The number of hydrogen-bond donors (Lipinski definition) is 2. The maximum Gasteiger partial charge on any atom is 0.339 e. The molecule has 1 heterocycles. The van der Waals surface area contributed by atoms with Crippen LogP contribution in [0.15, 0.2) is 18.2 Å². The molecule has 1 aliphatic rings. The van der Waals surface area contributed by atoms with Gasteiger partial charge in [0.05, 0.1) is 17.7 Å². The van der Waals surface area contributed by atoms with Gasteiger partial charge in [0.15, 0.2) is 0 Å². The van der Waals surface area contributed by atoms with E-state index in [1.54, 1.807) is 12.1 Å². The first-order valence-electron chi connectivity index (χ1n) is 6.06. The molecule has 0 aromatic heterocycles. The Labute approximate surface area is 112 Å². The van der Waals surface area contributed by atoms with Gasteiger partial charge in [0.2, 0.25) is 0 Å². The van der Waals surface area contributed by atoms with Crippen LogP contribution >= 0.6 is 11.6 Å². The zero-order chi connectivity index (χ0) is 13.0. The van der Waals surface area contributed by atoms with Crippen LogP contribution < -0.4 is 10.6 Å². The molecule has 0 amide bonds. The zero-order valence-corrected chi connectivity index (χ0v) is 11.1. The second-order valence-electron chi connectivity index (χ2n) is 4.37. The van der Waals surface area contributed by atoms with Crippen molar-refractivity contribution in [2.24, 2.45) is 0 Å². The molecular weight excluding hydrogens is 252 g/mol. The molecule has 2 rings (SSSR count). The molecule has 1 aromatic rings. The van der Waals surface area contributed by atoms with E-state index < -0.39 is 5.97 Å². The third-order valence-corrected chi connectivity index (χ3v) is 3.37. The first kappa shape index (κ1) is 13.2. The predicted octanol–water partition coefficient (Wildman–Crippen LogP) is 2.29. The lowest BCUT2D eigenvalue weighted by Gasteiger charge is -2.25. The summed E-state index contributed by atoms with van der Waals surface area (Å²) in [5.41, 5.74) is 1.29. The van der Waals surface area contributed by atoms with Crippen molar-refractivity contribution >= 4 is 23.3 Å². The van der Waals surface area contributed by atoms with E-state index in [0.29, 0.717) is 16.6 Å². The minimum atomic E-state index is -0.412. The molecule has 1 aliphatic heterocycles. The van der Waals surface area contributed by atoms with Crippen LogP contribution in [-0.4, -0.2) is 32.2 Å². The van der Waals surface area contributed by atoms with E-state index >= 15 is 0 Å². The summed E-state index contributed by atoms with van der Waals surface area (Å²) in [6, 6.07) is 5.73. The number of carbonyl (C=O) groups excluding carboxylic acids is 1. The highest BCUT2D eigenvalue weighted by Gasteiger charge is 2.15. The van der Waals surface area contributed by atoms with Crippen LogP contribution in [0.4, 0.5) is 5.69 Å². The fourth-order valence-electron chi connectivity index (χ4n) is 2.09. The van der Waals surface area contributed by atoms with Crippen molar-refractivity contribution in [3.8, 4) is 0 Å². The van der Waals surface area contributed by atoms with Gasteiger partial charge in [-0.2, -0.15) is 0 Å². The number of methoxy groups -OCH3 is 1. The molecule has 1 fully saturated rings. The number of ether oxygens (including phenoxy) is 1. The van der Waals surface area contributed by atoms with Crippen LogP contribution in [-0.2, 0) is 4.74 Å². The monoisotopic (exact) mass is 268 g/mol. The molecule has 1 unspecified atom stereocenters. The lowest BCUT2D eigenvalue weighted by atomic mass is 10.1. The SMILES string of the molecule is COC(=O)c1cc(NC2CCCNC2)ccc1Cl.